The van der Waals surface area contributed by atoms with E-state index in [4.69, 9.17) is 4.74 Å². The molecule has 25 heavy (non-hydrogen) atoms. The van der Waals surface area contributed by atoms with Gasteiger partial charge in [0.2, 0.25) is 0 Å². The minimum Gasteiger partial charge on any atom is -0.426 e. The van der Waals surface area contributed by atoms with Gasteiger partial charge >= 0.3 is 5.97 Å². The fourth-order valence-electron chi connectivity index (χ4n) is 2.28. The first-order valence-corrected chi connectivity index (χ1v) is 7.62. The van der Waals surface area contributed by atoms with Gasteiger partial charge in [0.1, 0.15) is 11.7 Å². The quantitative estimate of drug-likeness (QED) is 0.483. The molecule has 2 N–H and O–H groups in total. The van der Waals surface area contributed by atoms with Gasteiger partial charge in [0.15, 0.2) is 11.4 Å². The van der Waals surface area contributed by atoms with E-state index >= 15 is 0 Å². The summed E-state index contributed by atoms with van der Waals surface area (Å²) in [6.45, 7) is 6.21. The van der Waals surface area contributed by atoms with Crippen molar-refractivity contribution in [2.75, 3.05) is 0 Å². The van der Waals surface area contributed by atoms with Gasteiger partial charge in [-0.05, 0) is 38.1 Å². The molecule has 1 amide bonds. The minimum atomic E-state index is -2.11. The Morgan fingerprint density at radius 1 is 1.20 bits per heavy atom. The number of carbonyl (C=O) groups excluding carboxylic acids is 3. The van der Waals surface area contributed by atoms with E-state index in [1.165, 1.54) is 19.1 Å². The number of hydrogen-bond donors (Lipinski definition) is 2. The van der Waals surface area contributed by atoms with Crippen molar-refractivity contribution in [2.45, 2.75) is 19.4 Å². The summed E-state index contributed by atoms with van der Waals surface area (Å²) >= 11 is 0. The molecule has 1 aromatic carbocycles. The standard InChI is InChI=1S/C19H19NO5/c1-12(2)17(22)20-14-9-10-16(19(24,11-14)13(3)21)18(23)25-15-7-5-4-6-8-15/h4-11,16,24H,1H2,2-3H3,(H,20,22). The summed E-state index contributed by atoms with van der Waals surface area (Å²) in [5, 5.41) is 13.2. The van der Waals surface area contributed by atoms with E-state index in [2.05, 4.69) is 11.9 Å². The lowest BCUT2D eigenvalue weighted by atomic mass is 9.80. The number of hydrogen-bond acceptors (Lipinski definition) is 5. The molecule has 0 aliphatic heterocycles. The summed E-state index contributed by atoms with van der Waals surface area (Å²) in [4.78, 5) is 36.1. The highest BCUT2D eigenvalue weighted by atomic mass is 16.5. The van der Waals surface area contributed by atoms with Crippen LogP contribution in [-0.2, 0) is 14.4 Å². The Bertz CT molecular complexity index is 778. The van der Waals surface area contributed by atoms with E-state index in [0.29, 0.717) is 5.75 Å². The Morgan fingerprint density at radius 2 is 1.84 bits per heavy atom. The fraction of sp³-hybridized carbons (Fsp3) is 0.211. The topological polar surface area (TPSA) is 92.7 Å². The third-order valence-electron chi connectivity index (χ3n) is 3.74. The third kappa shape index (κ3) is 4.10. The summed E-state index contributed by atoms with van der Waals surface area (Å²) < 4.78 is 5.22. The summed E-state index contributed by atoms with van der Waals surface area (Å²) in [7, 11) is 0. The van der Waals surface area contributed by atoms with Gasteiger partial charge in [0.25, 0.3) is 5.91 Å². The molecule has 1 aliphatic carbocycles. The van der Waals surface area contributed by atoms with Crippen LogP contribution in [0, 0.1) is 5.92 Å². The van der Waals surface area contributed by atoms with Crippen molar-refractivity contribution in [1.29, 1.82) is 0 Å². The lowest BCUT2D eigenvalue weighted by Crippen LogP contribution is -2.49. The number of aliphatic hydroxyl groups is 1. The number of benzene rings is 1. The molecular weight excluding hydrogens is 322 g/mol. The second-order valence-electron chi connectivity index (χ2n) is 5.79. The minimum absolute atomic E-state index is 0.203. The van der Waals surface area contributed by atoms with Crippen LogP contribution < -0.4 is 10.1 Å². The van der Waals surface area contributed by atoms with Gasteiger partial charge < -0.3 is 15.2 Å². The molecule has 6 heteroatoms. The van der Waals surface area contributed by atoms with Crippen molar-refractivity contribution < 1.29 is 24.2 Å². The zero-order valence-electron chi connectivity index (χ0n) is 14.0. The molecule has 0 spiro atoms. The number of nitrogens with one attached hydrogen (secondary N) is 1. The largest absolute Gasteiger partial charge is 0.426 e. The van der Waals surface area contributed by atoms with Crippen molar-refractivity contribution in [1.82, 2.24) is 5.32 Å². The molecule has 2 unspecified atom stereocenters. The van der Waals surface area contributed by atoms with Gasteiger partial charge in [0.05, 0.1) is 0 Å². The maximum absolute atomic E-state index is 12.4. The van der Waals surface area contributed by atoms with Gasteiger partial charge in [0, 0.05) is 11.3 Å². The van der Waals surface area contributed by atoms with E-state index in [0.717, 1.165) is 13.0 Å². The first kappa shape index (κ1) is 18.4. The van der Waals surface area contributed by atoms with Gasteiger partial charge in [-0.1, -0.05) is 30.9 Å². The number of ketones is 1. The van der Waals surface area contributed by atoms with Crippen LogP contribution in [0.3, 0.4) is 0 Å². The SMILES string of the molecule is C=C(C)C(=O)NC1=CC(O)(C(C)=O)C(C(=O)Oc2ccccc2)C=C1. The molecule has 1 aliphatic rings. The number of Topliss-reactive ketones (excluding diaryl/α,β-unsaturated/α-hetero) is 1. The molecule has 130 valence electrons. The molecule has 1 aromatic rings. The summed E-state index contributed by atoms with van der Waals surface area (Å²) in [6, 6.07) is 8.34. The Balaban J connectivity index is 2.25. The van der Waals surface area contributed by atoms with Crippen molar-refractivity contribution in [3.8, 4) is 5.75 Å². The van der Waals surface area contributed by atoms with Gasteiger partial charge in [-0.15, -0.1) is 0 Å². The number of para-hydroxylation sites is 1. The van der Waals surface area contributed by atoms with E-state index in [1.807, 2.05) is 0 Å². The first-order chi connectivity index (χ1) is 11.7. The molecule has 0 saturated heterocycles. The van der Waals surface area contributed by atoms with Crippen LogP contribution in [-0.4, -0.2) is 28.4 Å². The normalized spacial score (nSPS) is 21.9. The molecular formula is C19H19NO5. The van der Waals surface area contributed by atoms with Crippen molar-refractivity contribution in [3.05, 3.63) is 66.4 Å². The molecule has 0 aromatic heterocycles. The van der Waals surface area contributed by atoms with Gasteiger partial charge in [-0.2, -0.15) is 0 Å². The summed E-state index contributed by atoms with van der Waals surface area (Å²) in [5.41, 5.74) is -1.64. The molecule has 0 fully saturated rings. The molecule has 0 bridgehead atoms. The van der Waals surface area contributed by atoms with Crippen molar-refractivity contribution in [2.24, 2.45) is 5.92 Å². The van der Waals surface area contributed by atoms with E-state index in [-0.39, 0.29) is 11.3 Å². The average molecular weight is 341 g/mol. The number of allylic oxidation sites excluding steroid dienone is 1. The van der Waals surface area contributed by atoms with Crippen LogP contribution in [0.4, 0.5) is 0 Å². The molecule has 2 rings (SSSR count). The zero-order valence-corrected chi connectivity index (χ0v) is 14.0. The average Bonchev–Trinajstić information content (AvgIpc) is 2.55. The second-order valence-corrected chi connectivity index (χ2v) is 5.79. The molecule has 0 heterocycles. The highest BCUT2D eigenvalue weighted by Crippen LogP contribution is 2.29. The van der Waals surface area contributed by atoms with Crippen LogP contribution in [0.2, 0.25) is 0 Å². The predicted molar refractivity (Wildman–Crippen MR) is 91.4 cm³/mol. The maximum Gasteiger partial charge on any atom is 0.321 e. The number of rotatable bonds is 5. The Labute approximate surface area is 145 Å². The number of esters is 1. The van der Waals surface area contributed by atoms with Crippen LogP contribution in [0.15, 0.2) is 66.4 Å². The maximum atomic E-state index is 12.4. The highest BCUT2D eigenvalue weighted by molar-refractivity contribution is 5.97. The third-order valence-corrected chi connectivity index (χ3v) is 3.74. The lowest BCUT2D eigenvalue weighted by molar-refractivity contribution is -0.150. The Hall–Kier alpha value is -2.99. The summed E-state index contributed by atoms with van der Waals surface area (Å²) in [5.74, 6) is -2.80. The van der Waals surface area contributed by atoms with E-state index in [1.54, 1.807) is 30.3 Å². The number of carbonyl (C=O) groups is 3. The molecule has 0 radical (unpaired) electrons. The monoisotopic (exact) mass is 341 g/mol. The first-order valence-electron chi connectivity index (χ1n) is 7.62. The Morgan fingerprint density at radius 3 is 2.40 bits per heavy atom. The Kier molecular flexibility index (Phi) is 5.34. The molecule has 0 saturated carbocycles. The van der Waals surface area contributed by atoms with Crippen LogP contribution in [0.25, 0.3) is 0 Å². The van der Waals surface area contributed by atoms with Gasteiger partial charge in [-0.3, -0.25) is 14.4 Å². The molecule has 6 nitrogen and oxygen atoms in total. The number of amides is 1. The van der Waals surface area contributed by atoms with E-state index < -0.39 is 29.2 Å². The van der Waals surface area contributed by atoms with E-state index in [9.17, 15) is 19.5 Å². The highest BCUT2D eigenvalue weighted by Gasteiger charge is 2.45. The smallest absolute Gasteiger partial charge is 0.321 e. The van der Waals surface area contributed by atoms with Crippen LogP contribution in [0.5, 0.6) is 5.75 Å². The molecule has 2 atom stereocenters. The predicted octanol–water partition coefficient (Wildman–Crippen LogP) is 1.67. The van der Waals surface area contributed by atoms with Crippen LogP contribution in [0.1, 0.15) is 13.8 Å². The lowest BCUT2D eigenvalue weighted by Gasteiger charge is -2.31. The van der Waals surface area contributed by atoms with Crippen LogP contribution >= 0.6 is 0 Å². The second kappa shape index (κ2) is 7.27. The van der Waals surface area contributed by atoms with Gasteiger partial charge in [-0.25, -0.2) is 0 Å². The zero-order chi connectivity index (χ0) is 18.6. The summed E-state index contributed by atoms with van der Waals surface area (Å²) in [6.07, 6.45) is 3.92. The van der Waals surface area contributed by atoms with Crippen molar-refractivity contribution >= 4 is 17.7 Å². The fourth-order valence-corrected chi connectivity index (χ4v) is 2.28. The number of ether oxygens (including phenoxy) is 1. The van der Waals surface area contributed by atoms with Crippen molar-refractivity contribution in [3.63, 3.8) is 0 Å².